The van der Waals surface area contributed by atoms with Crippen LogP contribution in [-0.4, -0.2) is 33.7 Å². The number of hydrogen-bond acceptors (Lipinski definition) is 6. The minimum absolute atomic E-state index is 0.0212. The monoisotopic (exact) mass is 390 g/mol. The van der Waals surface area contributed by atoms with Crippen molar-refractivity contribution in [1.82, 2.24) is 4.98 Å². The zero-order valence-electron chi connectivity index (χ0n) is 14.9. The van der Waals surface area contributed by atoms with Crippen molar-refractivity contribution >= 4 is 15.7 Å². The quantitative estimate of drug-likeness (QED) is 0.490. The molecule has 0 bridgehead atoms. The lowest BCUT2D eigenvalue weighted by Gasteiger charge is -2.05. The summed E-state index contributed by atoms with van der Waals surface area (Å²) in [6, 6.07) is 12.0. The van der Waals surface area contributed by atoms with Crippen LogP contribution in [0, 0.1) is 12.7 Å². The van der Waals surface area contributed by atoms with Crippen LogP contribution in [0.25, 0.3) is 11.5 Å². The number of anilines is 1. The Bertz CT molecular complexity index is 1030. The second-order valence-corrected chi connectivity index (χ2v) is 7.76. The van der Waals surface area contributed by atoms with Crippen molar-refractivity contribution in [3.63, 3.8) is 0 Å². The van der Waals surface area contributed by atoms with Crippen LogP contribution in [0.5, 0.6) is 0 Å². The summed E-state index contributed by atoms with van der Waals surface area (Å²) in [4.78, 5) is 4.15. The number of nitrogens with zero attached hydrogens (tertiary/aromatic N) is 1. The van der Waals surface area contributed by atoms with Gasteiger partial charge in [0, 0.05) is 19.2 Å². The summed E-state index contributed by atoms with van der Waals surface area (Å²) >= 11 is 0. The van der Waals surface area contributed by atoms with Crippen molar-refractivity contribution in [3.8, 4) is 11.5 Å². The molecule has 2 aromatic carbocycles. The van der Waals surface area contributed by atoms with E-state index in [1.807, 2.05) is 25.1 Å². The highest BCUT2D eigenvalue weighted by atomic mass is 32.2. The van der Waals surface area contributed by atoms with E-state index >= 15 is 0 Å². The summed E-state index contributed by atoms with van der Waals surface area (Å²) in [5.41, 5.74) is 1.65. The second-order valence-electron chi connectivity index (χ2n) is 5.90. The maximum atomic E-state index is 13.2. The van der Waals surface area contributed by atoms with Gasteiger partial charge >= 0.3 is 0 Å². The Labute approximate surface area is 156 Å². The number of rotatable bonds is 7. The summed E-state index contributed by atoms with van der Waals surface area (Å²) in [5.74, 6) is -0.319. The van der Waals surface area contributed by atoms with E-state index in [2.05, 4.69) is 10.3 Å². The van der Waals surface area contributed by atoms with E-state index in [-0.39, 0.29) is 21.7 Å². The van der Waals surface area contributed by atoms with E-state index in [0.29, 0.717) is 18.7 Å². The van der Waals surface area contributed by atoms with Crippen molar-refractivity contribution in [2.75, 3.05) is 25.6 Å². The van der Waals surface area contributed by atoms with Crippen LogP contribution in [0.15, 0.2) is 62.9 Å². The van der Waals surface area contributed by atoms with Crippen LogP contribution in [-0.2, 0) is 14.6 Å². The summed E-state index contributed by atoms with van der Waals surface area (Å²) in [5, 5.41) is 2.65. The van der Waals surface area contributed by atoms with Gasteiger partial charge in [-0.2, -0.15) is 4.98 Å². The number of hydrogen-bond donors (Lipinski definition) is 1. The Morgan fingerprint density at radius 1 is 1.19 bits per heavy atom. The predicted molar refractivity (Wildman–Crippen MR) is 98.9 cm³/mol. The number of aryl methyl sites for hydroxylation is 1. The van der Waals surface area contributed by atoms with Gasteiger partial charge in [-0.05, 0) is 43.3 Å². The van der Waals surface area contributed by atoms with E-state index in [4.69, 9.17) is 9.15 Å². The van der Waals surface area contributed by atoms with Crippen LogP contribution >= 0.6 is 0 Å². The predicted octanol–water partition coefficient (Wildman–Crippen LogP) is 3.68. The zero-order chi connectivity index (χ0) is 19.4. The Morgan fingerprint density at radius 3 is 2.59 bits per heavy atom. The van der Waals surface area contributed by atoms with Crippen molar-refractivity contribution in [1.29, 1.82) is 0 Å². The van der Waals surface area contributed by atoms with E-state index in [9.17, 15) is 12.8 Å². The fourth-order valence-corrected chi connectivity index (χ4v) is 3.77. The van der Waals surface area contributed by atoms with Gasteiger partial charge in [0.05, 0.1) is 11.5 Å². The van der Waals surface area contributed by atoms with E-state index in [1.165, 1.54) is 19.2 Å². The van der Waals surface area contributed by atoms with Crippen LogP contribution in [0.3, 0.4) is 0 Å². The van der Waals surface area contributed by atoms with Crippen molar-refractivity contribution in [2.45, 2.75) is 16.8 Å². The average Bonchev–Trinajstić information content (AvgIpc) is 3.07. The molecule has 6 nitrogen and oxygen atoms in total. The van der Waals surface area contributed by atoms with Crippen molar-refractivity contribution in [3.05, 3.63) is 59.9 Å². The first kappa shape index (κ1) is 19.1. The molecule has 0 aliphatic heterocycles. The van der Waals surface area contributed by atoms with Gasteiger partial charge in [-0.3, -0.25) is 0 Å². The fraction of sp³-hybridized carbons (Fsp3) is 0.211. The minimum Gasteiger partial charge on any atom is -0.419 e. The first-order valence-electron chi connectivity index (χ1n) is 8.23. The van der Waals surface area contributed by atoms with E-state index in [0.717, 1.165) is 17.7 Å². The molecular formula is C19H19FN2O4S. The van der Waals surface area contributed by atoms with Gasteiger partial charge in [0.25, 0.3) is 0 Å². The molecule has 8 heteroatoms. The molecule has 27 heavy (non-hydrogen) atoms. The summed E-state index contributed by atoms with van der Waals surface area (Å²) in [7, 11) is -2.46. The van der Waals surface area contributed by atoms with Crippen LogP contribution in [0.4, 0.5) is 10.3 Å². The minimum atomic E-state index is -4.00. The number of halogens is 1. The van der Waals surface area contributed by atoms with E-state index in [1.54, 1.807) is 6.07 Å². The van der Waals surface area contributed by atoms with Gasteiger partial charge < -0.3 is 14.5 Å². The maximum absolute atomic E-state index is 13.2. The normalized spacial score (nSPS) is 11.5. The number of oxazole rings is 1. The van der Waals surface area contributed by atoms with Crippen LogP contribution in [0.2, 0.25) is 0 Å². The highest BCUT2D eigenvalue weighted by molar-refractivity contribution is 7.91. The SMILES string of the molecule is COCCNc1oc(-c2cccc(C)c2)nc1S(=O)(=O)c1ccc(F)cc1. The van der Waals surface area contributed by atoms with Crippen LogP contribution < -0.4 is 5.32 Å². The maximum Gasteiger partial charge on any atom is 0.233 e. The van der Waals surface area contributed by atoms with E-state index < -0.39 is 15.7 Å². The third kappa shape index (κ3) is 4.17. The lowest BCUT2D eigenvalue weighted by molar-refractivity contribution is 0.210. The van der Waals surface area contributed by atoms with Gasteiger partial charge in [-0.1, -0.05) is 17.7 Å². The number of methoxy groups -OCH3 is 1. The molecule has 0 radical (unpaired) electrons. The summed E-state index contributed by atoms with van der Waals surface area (Å²) in [6.07, 6.45) is 0. The molecule has 0 aliphatic carbocycles. The van der Waals surface area contributed by atoms with Gasteiger partial charge in [0.1, 0.15) is 5.82 Å². The Morgan fingerprint density at radius 2 is 1.93 bits per heavy atom. The second kappa shape index (κ2) is 7.89. The van der Waals surface area contributed by atoms with Crippen molar-refractivity contribution < 1.29 is 22.0 Å². The summed E-state index contributed by atoms with van der Waals surface area (Å²) in [6.45, 7) is 2.61. The molecule has 1 heterocycles. The first-order valence-corrected chi connectivity index (χ1v) is 9.71. The van der Waals surface area contributed by atoms with Gasteiger partial charge in [0.15, 0.2) is 0 Å². The molecule has 0 amide bonds. The molecule has 0 fully saturated rings. The molecule has 0 aliphatic rings. The molecule has 1 N–H and O–H groups in total. The Balaban J connectivity index is 2.07. The molecule has 3 rings (SSSR count). The number of nitrogens with one attached hydrogen (secondary N) is 1. The molecule has 0 saturated heterocycles. The fourth-order valence-electron chi connectivity index (χ4n) is 2.49. The molecule has 0 atom stereocenters. The zero-order valence-corrected chi connectivity index (χ0v) is 15.7. The van der Waals surface area contributed by atoms with Crippen LogP contribution in [0.1, 0.15) is 5.56 Å². The average molecular weight is 390 g/mol. The molecule has 0 spiro atoms. The largest absolute Gasteiger partial charge is 0.419 e. The number of aromatic nitrogens is 1. The molecule has 0 unspecified atom stereocenters. The standard InChI is InChI=1S/C19H19FN2O4S/c1-13-4-3-5-14(12-13)17-22-19(18(26-17)21-10-11-25-2)27(23,24)16-8-6-15(20)7-9-16/h3-9,12,21H,10-11H2,1-2H3. The highest BCUT2D eigenvalue weighted by Crippen LogP contribution is 2.32. The molecular weight excluding hydrogens is 371 g/mol. The highest BCUT2D eigenvalue weighted by Gasteiger charge is 2.28. The lowest BCUT2D eigenvalue weighted by atomic mass is 10.1. The third-order valence-corrected chi connectivity index (χ3v) is 5.51. The van der Waals surface area contributed by atoms with Gasteiger partial charge in [-0.25, -0.2) is 12.8 Å². The third-order valence-electron chi connectivity index (χ3n) is 3.83. The van der Waals surface area contributed by atoms with Gasteiger partial charge in [-0.15, -0.1) is 0 Å². The summed E-state index contributed by atoms with van der Waals surface area (Å²) < 4.78 is 49.8. The smallest absolute Gasteiger partial charge is 0.233 e. The molecule has 0 saturated carbocycles. The first-order chi connectivity index (χ1) is 12.9. The number of ether oxygens (including phenoxy) is 1. The lowest BCUT2D eigenvalue weighted by Crippen LogP contribution is -2.11. The van der Waals surface area contributed by atoms with Crippen molar-refractivity contribution in [2.24, 2.45) is 0 Å². The topological polar surface area (TPSA) is 81.4 Å². The molecule has 142 valence electrons. The molecule has 3 aromatic rings. The number of sulfone groups is 1. The Kier molecular flexibility index (Phi) is 5.57. The number of benzene rings is 2. The van der Waals surface area contributed by atoms with Gasteiger partial charge in [0.2, 0.25) is 26.6 Å². The Hall–Kier alpha value is -2.71. The molecule has 1 aromatic heterocycles.